The first kappa shape index (κ1) is 35.5. The van der Waals surface area contributed by atoms with Crippen molar-refractivity contribution in [2.75, 3.05) is 31.2 Å². The fraction of sp³-hybridized carbons (Fsp3) is 0.733. The van der Waals surface area contributed by atoms with E-state index in [0.29, 0.717) is 30.4 Å². The van der Waals surface area contributed by atoms with Gasteiger partial charge in [0.2, 0.25) is 5.91 Å². The van der Waals surface area contributed by atoms with Gasteiger partial charge in [-0.3, -0.25) is 9.59 Å². The molecule has 0 saturated heterocycles. The van der Waals surface area contributed by atoms with E-state index >= 15 is 0 Å². The number of rotatable bonds is 25. The van der Waals surface area contributed by atoms with Crippen LogP contribution in [0.1, 0.15) is 117 Å². The largest absolute Gasteiger partial charge is 0.493 e. The van der Waals surface area contributed by atoms with Gasteiger partial charge in [0, 0.05) is 23.9 Å². The number of benzene rings is 1. The highest BCUT2D eigenvalue weighted by molar-refractivity contribution is 5.83. The molecule has 0 aromatic heterocycles. The number of ether oxygens (including phenoxy) is 2. The lowest BCUT2D eigenvalue weighted by atomic mass is 10.1. The van der Waals surface area contributed by atoms with Gasteiger partial charge in [0.25, 0.3) is 0 Å². The summed E-state index contributed by atoms with van der Waals surface area (Å²) < 4.78 is 12.0. The van der Waals surface area contributed by atoms with E-state index in [2.05, 4.69) is 13.8 Å². The molecule has 0 fully saturated rings. The van der Waals surface area contributed by atoms with Gasteiger partial charge >= 0.3 is 5.97 Å². The number of primary amides is 1. The number of carboxylic acids is 1. The van der Waals surface area contributed by atoms with E-state index in [1.54, 1.807) is 12.1 Å². The molecule has 0 spiro atoms. The zero-order valence-electron chi connectivity index (χ0n) is 24.2. The number of nitrogens with zero attached hydrogens (tertiary/aromatic N) is 1. The molecular weight excluding hydrogens is 482 g/mol. The Morgan fingerprint density at radius 3 is 1.45 bits per heavy atom. The molecule has 0 heterocycles. The standard InChI is InChI=1S/C30H52N2O5.H3N/c1-3-5-7-9-11-13-15-17-19-36-27-21-26(32(24-29(31)33)25-30(34)35)22-28(23-27)37-20-18-16-14-12-10-8-6-4-2;/h21-23H,3-20,24-25H2,1-2H3,(H2,31,33)(H,34,35);1H3. The number of unbranched alkanes of at least 4 members (excludes halogenated alkanes) is 14. The summed E-state index contributed by atoms with van der Waals surface area (Å²) >= 11 is 0. The fourth-order valence-electron chi connectivity index (χ4n) is 4.35. The monoisotopic (exact) mass is 537 g/mol. The zero-order valence-corrected chi connectivity index (χ0v) is 24.2. The number of amides is 1. The summed E-state index contributed by atoms with van der Waals surface area (Å²) in [5, 5.41) is 9.32. The molecule has 1 rings (SSSR count). The van der Waals surface area contributed by atoms with Crippen molar-refractivity contribution in [2.45, 2.75) is 117 Å². The number of anilines is 1. The van der Waals surface area contributed by atoms with E-state index in [1.165, 1.54) is 81.9 Å². The third-order valence-corrected chi connectivity index (χ3v) is 6.44. The Morgan fingerprint density at radius 1 is 0.684 bits per heavy atom. The van der Waals surface area contributed by atoms with E-state index < -0.39 is 11.9 Å². The van der Waals surface area contributed by atoms with E-state index in [9.17, 15) is 14.7 Å². The van der Waals surface area contributed by atoms with Crippen molar-refractivity contribution in [3.8, 4) is 11.5 Å². The number of aliphatic carboxylic acids is 1. The molecule has 220 valence electrons. The van der Waals surface area contributed by atoms with Gasteiger partial charge in [-0.2, -0.15) is 0 Å². The van der Waals surface area contributed by atoms with Crippen LogP contribution in [0.3, 0.4) is 0 Å². The summed E-state index contributed by atoms with van der Waals surface area (Å²) in [6.45, 7) is 5.12. The Hall–Kier alpha value is -2.48. The van der Waals surface area contributed by atoms with E-state index in [1.807, 2.05) is 6.07 Å². The third kappa shape index (κ3) is 18.7. The summed E-state index contributed by atoms with van der Waals surface area (Å²) in [4.78, 5) is 24.4. The molecule has 0 saturated carbocycles. The molecule has 0 radical (unpaired) electrons. The van der Waals surface area contributed by atoms with Crippen LogP contribution in [0.4, 0.5) is 5.69 Å². The van der Waals surface area contributed by atoms with Crippen LogP contribution in [0.5, 0.6) is 11.5 Å². The van der Waals surface area contributed by atoms with Crippen molar-refractivity contribution in [3.05, 3.63) is 18.2 Å². The van der Waals surface area contributed by atoms with Gasteiger partial charge in [0.1, 0.15) is 18.0 Å². The van der Waals surface area contributed by atoms with Gasteiger partial charge in [0.15, 0.2) is 0 Å². The van der Waals surface area contributed by atoms with Crippen molar-refractivity contribution in [1.29, 1.82) is 0 Å². The Labute approximate surface area is 231 Å². The van der Waals surface area contributed by atoms with Crippen LogP contribution in [0.25, 0.3) is 0 Å². The number of nitrogens with two attached hydrogens (primary N) is 1. The van der Waals surface area contributed by atoms with Crippen LogP contribution in [-0.2, 0) is 9.59 Å². The zero-order chi connectivity index (χ0) is 27.1. The SMILES string of the molecule is CCCCCCCCCCOc1cc(OCCCCCCCCCC)cc(N(CC(N)=O)CC(=O)O)c1.N. The lowest BCUT2D eigenvalue weighted by Gasteiger charge is -2.23. The Morgan fingerprint density at radius 2 is 1.08 bits per heavy atom. The van der Waals surface area contributed by atoms with E-state index in [-0.39, 0.29) is 19.2 Å². The van der Waals surface area contributed by atoms with Crippen LogP contribution in [-0.4, -0.2) is 43.3 Å². The number of hydrogen-bond donors (Lipinski definition) is 3. The van der Waals surface area contributed by atoms with Crippen molar-refractivity contribution in [1.82, 2.24) is 6.15 Å². The minimum atomic E-state index is -1.03. The topological polar surface area (TPSA) is 137 Å². The van der Waals surface area contributed by atoms with Gasteiger partial charge in [0.05, 0.1) is 19.8 Å². The summed E-state index contributed by atoms with van der Waals surface area (Å²) in [7, 11) is 0. The molecule has 0 aliphatic heterocycles. The number of carbonyl (C=O) groups is 2. The normalized spacial score (nSPS) is 10.6. The van der Waals surface area contributed by atoms with Crippen molar-refractivity contribution in [2.24, 2.45) is 5.73 Å². The molecule has 1 aromatic rings. The maximum atomic E-state index is 11.6. The molecule has 8 nitrogen and oxygen atoms in total. The summed E-state index contributed by atoms with van der Waals surface area (Å²) in [5.74, 6) is -0.390. The second kappa shape index (κ2) is 23.6. The minimum absolute atomic E-state index is 0. The highest BCUT2D eigenvalue weighted by Gasteiger charge is 2.16. The smallest absolute Gasteiger partial charge is 0.323 e. The van der Waals surface area contributed by atoms with Crippen molar-refractivity contribution >= 4 is 17.6 Å². The predicted molar refractivity (Wildman–Crippen MR) is 157 cm³/mol. The second-order valence-electron chi connectivity index (χ2n) is 10.0. The maximum absolute atomic E-state index is 11.6. The summed E-state index contributed by atoms with van der Waals surface area (Å²) in [6, 6.07) is 5.38. The average molecular weight is 538 g/mol. The molecular formula is C30H55N3O5. The van der Waals surface area contributed by atoms with Crippen LogP contribution in [0, 0.1) is 0 Å². The fourth-order valence-corrected chi connectivity index (χ4v) is 4.35. The van der Waals surface area contributed by atoms with Gasteiger partial charge < -0.3 is 31.4 Å². The van der Waals surface area contributed by atoms with Gasteiger partial charge in [-0.05, 0) is 12.8 Å². The van der Waals surface area contributed by atoms with E-state index in [4.69, 9.17) is 15.2 Å². The van der Waals surface area contributed by atoms with Gasteiger partial charge in [-0.15, -0.1) is 0 Å². The first-order chi connectivity index (χ1) is 18.0. The van der Waals surface area contributed by atoms with Crippen LogP contribution < -0.4 is 26.3 Å². The molecule has 38 heavy (non-hydrogen) atoms. The first-order valence-corrected chi connectivity index (χ1v) is 14.6. The van der Waals surface area contributed by atoms with Gasteiger partial charge in [-0.1, -0.05) is 104 Å². The molecule has 0 aliphatic rings. The molecule has 0 aliphatic carbocycles. The number of carbonyl (C=O) groups excluding carboxylic acids is 1. The van der Waals surface area contributed by atoms with Crippen LogP contribution in [0.2, 0.25) is 0 Å². The Balaban J connectivity index is 0.0000137. The Bertz CT molecular complexity index is 688. The van der Waals surface area contributed by atoms with Crippen molar-refractivity contribution < 1.29 is 24.2 Å². The lowest BCUT2D eigenvalue weighted by molar-refractivity contribution is -0.135. The molecule has 8 heteroatoms. The molecule has 0 atom stereocenters. The molecule has 0 unspecified atom stereocenters. The maximum Gasteiger partial charge on any atom is 0.323 e. The first-order valence-electron chi connectivity index (χ1n) is 14.6. The van der Waals surface area contributed by atoms with E-state index in [0.717, 1.165) is 25.7 Å². The number of carboxylic acid groups (broad SMARTS) is 1. The van der Waals surface area contributed by atoms with Gasteiger partial charge in [-0.25, -0.2) is 0 Å². The minimum Gasteiger partial charge on any atom is -0.493 e. The molecule has 6 N–H and O–H groups in total. The quantitative estimate of drug-likeness (QED) is 0.112. The summed E-state index contributed by atoms with van der Waals surface area (Å²) in [5.41, 5.74) is 5.93. The third-order valence-electron chi connectivity index (χ3n) is 6.44. The molecule has 1 amide bonds. The number of hydrogen-bond acceptors (Lipinski definition) is 6. The average Bonchev–Trinajstić information content (AvgIpc) is 2.85. The highest BCUT2D eigenvalue weighted by Crippen LogP contribution is 2.29. The predicted octanol–water partition coefficient (Wildman–Crippen LogP) is 7.26. The highest BCUT2D eigenvalue weighted by atomic mass is 16.5. The second-order valence-corrected chi connectivity index (χ2v) is 10.0. The lowest BCUT2D eigenvalue weighted by Crippen LogP contribution is -2.37. The summed E-state index contributed by atoms with van der Waals surface area (Å²) in [6.07, 6.45) is 19.5. The van der Waals surface area contributed by atoms with Crippen molar-refractivity contribution in [3.63, 3.8) is 0 Å². The van der Waals surface area contributed by atoms with Crippen LogP contribution in [0.15, 0.2) is 18.2 Å². The molecule has 1 aromatic carbocycles. The Kier molecular flexibility index (Phi) is 22.1. The molecule has 0 bridgehead atoms. The van der Waals surface area contributed by atoms with Crippen LogP contribution >= 0.6 is 0 Å².